The molecule has 0 aromatic carbocycles. The van der Waals surface area contributed by atoms with Crippen LogP contribution in [-0.2, 0) is 0 Å². The lowest BCUT2D eigenvalue weighted by atomic mass is 9.82. The summed E-state index contributed by atoms with van der Waals surface area (Å²) in [5.74, 6) is 2.56. The van der Waals surface area contributed by atoms with Crippen LogP contribution in [-0.4, -0.2) is 34.8 Å². The third-order valence-electron chi connectivity index (χ3n) is 3.84. The van der Waals surface area contributed by atoms with E-state index in [-0.39, 0.29) is 11.7 Å². The minimum absolute atomic E-state index is 0.0672. The van der Waals surface area contributed by atoms with Crippen LogP contribution in [0.5, 0.6) is 0 Å². The lowest BCUT2D eigenvalue weighted by Gasteiger charge is -2.34. The summed E-state index contributed by atoms with van der Waals surface area (Å²) >= 11 is 0. The second-order valence-corrected chi connectivity index (χ2v) is 5.63. The lowest BCUT2D eigenvalue weighted by Crippen LogP contribution is -2.37. The van der Waals surface area contributed by atoms with Gasteiger partial charge >= 0.3 is 0 Å². The van der Waals surface area contributed by atoms with Crippen molar-refractivity contribution < 1.29 is 5.11 Å². The second-order valence-electron chi connectivity index (χ2n) is 5.63. The molecule has 1 aromatic rings. The fourth-order valence-electron chi connectivity index (χ4n) is 2.54. The number of aromatic nitrogens is 2. The van der Waals surface area contributed by atoms with E-state index in [2.05, 4.69) is 9.97 Å². The molecule has 2 N–H and O–H groups in total. The molecule has 2 fully saturated rings. The van der Waals surface area contributed by atoms with Crippen LogP contribution in [0.2, 0.25) is 0 Å². The van der Waals surface area contributed by atoms with Crippen LogP contribution < -0.4 is 10.5 Å². The van der Waals surface area contributed by atoms with E-state index >= 15 is 0 Å². The van der Waals surface area contributed by atoms with Crippen molar-refractivity contribution in [3.8, 4) is 0 Å². The molecule has 0 amide bonds. The van der Waals surface area contributed by atoms with E-state index < -0.39 is 0 Å². The van der Waals surface area contributed by atoms with Gasteiger partial charge < -0.3 is 15.0 Å². The molecule has 0 unspecified atom stereocenters. The van der Waals surface area contributed by atoms with Gasteiger partial charge in [0.15, 0.2) is 0 Å². The zero-order chi connectivity index (χ0) is 12.7. The highest BCUT2D eigenvalue weighted by Gasteiger charge is 2.29. The molecule has 0 aliphatic heterocycles. The number of hydrogen-bond acceptors (Lipinski definition) is 4. The van der Waals surface area contributed by atoms with Crippen molar-refractivity contribution in [2.24, 2.45) is 5.92 Å². The molecular formula is C13H19N3O2. The molecule has 3 rings (SSSR count). The molecule has 5 heteroatoms. The summed E-state index contributed by atoms with van der Waals surface area (Å²) in [5.41, 5.74) is -0.0672. The topological polar surface area (TPSA) is 69.2 Å². The Bertz CT molecular complexity index is 489. The Hall–Kier alpha value is -1.36. The van der Waals surface area contributed by atoms with Crippen LogP contribution in [0.1, 0.15) is 37.4 Å². The highest BCUT2D eigenvalue weighted by Crippen LogP contribution is 2.38. The number of nitrogens with one attached hydrogen (secondary N) is 1. The van der Waals surface area contributed by atoms with Gasteiger partial charge in [-0.05, 0) is 31.6 Å². The van der Waals surface area contributed by atoms with Gasteiger partial charge in [0.2, 0.25) is 0 Å². The van der Waals surface area contributed by atoms with Gasteiger partial charge in [-0.1, -0.05) is 0 Å². The number of rotatable bonds is 4. The Morgan fingerprint density at radius 2 is 2.22 bits per heavy atom. The number of aromatic amines is 1. The van der Waals surface area contributed by atoms with Crippen molar-refractivity contribution in [2.75, 3.05) is 18.5 Å². The normalized spacial score (nSPS) is 26.8. The van der Waals surface area contributed by atoms with Gasteiger partial charge in [-0.3, -0.25) is 4.79 Å². The van der Waals surface area contributed by atoms with E-state index in [9.17, 15) is 9.90 Å². The van der Waals surface area contributed by atoms with Gasteiger partial charge in [0, 0.05) is 25.6 Å². The molecule has 1 heterocycles. The first-order chi connectivity index (χ1) is 8.61. The summed E-state index contributed by atoms with van der Waals surface area (Å²) in [6.07, 6.45) is 3.86. The number of hydrogen-bond donors (Lipinski definition) is 2. The summed E-state index contributed by atoms with van der Waals surface area (Å²) in [5, 5.41) is 9.28. The largest absolute Gasteiger partial charge is 0.393 e. The third kappa shape index (κ3) is 2.41. The van der Waals surface area contributed by atoms with Crippen LogP contribution >= 0.6 is 0 Å². The van der Waals surface area contributed by atoms with E-state index in [1.54, 1.807) is 6.07 Å². The molecule has 0 atom stereocenters. The standard InChI is InChI=1S/C13H19N3O2/c1-16(7-8-4-10(17)5-8)11-6-12(18)15-13(14-11)9-2-3-9/h6,8-10,17H,2-5,7H2,1H3,(H,14,15,18). The van der Waals surface area contributed by atoms with Crippen molar-refractivity contribution in [1.82, 2.24) is 9.97 Å². The predicted molar refractivity (Wildman–Crippen MR) is 68.8 cm³/mol. The first kappa shape index (κ1) is 11.7. The number of anilines is 1. The average Bonchev–Trinajstić information content (AvgIpc) is 3.09. The van der Waals surface area contributed by atoms with Crippen LogP contribution in [0.25, 0.3) is 0 Å². The maximum atomic E-state index is 11.6. The van der Waals surface area contributed by atoms with Gasteiger partial charge in [0.05, 0.1) is 6.10 Å². The third-order valence-corrected chi connectivity index (χ3v) is 3.84. The molecule has 0 spiro atoms. The first-order valence-electron chi connectivity index (χ1n) is 6.62. The zero-order valence-corrected chi connectivity index (χ0v) is 10.6. The van der Waals surface area contributed by atoms with Gasteiger partial charge in [-0.25, -0.2) is 4.98 Å². The van der Waals surface area contributed by atoms with Crippen molar-refractivity contribution in [2.45, 2.75) is 37.7 Å². The van der Waals surface area contributed by atoms with Gasteiger partial charge in [-0.2, -0.15) is 0 Å². The molecule has 0 bridgehead atoms. The minimum Gasteiger partial charge on any atom is -0.393 e. The van der Waals surface area contributed by atoms with Crippen LogP contribution in [0.15, 0.2) is 10.9 Å². The Labute approximate surface area is 106 Å². The molecule has 2 aliphatic carbocycles. The Kier molecular flexibility index (Phi) is 2.86. The summed E-state index contributed by atoms with van der Waals surface area (Å²) in [4.78, 5) is 21.0. The molecular weight excluding hydrogens is 230 g/mol. The minimum atomic E-state index is -0.127. The van der Waals surface area contributed by atoms with Crippen molar-refractivity contribution in [3.63, 3.8) is 0 Å². The van der Waals surface area contributed by atoms with Crippen LogP contribution in [0, 0.1) is 5.92 Å². The highest BCUT2D eigenvalue weighted by molar-refractivity contribution is 5.37. The number of nitrogens with zero attached hydrogens (tertiary/aromatic N) is 2. The highest BCUT2D eigenvalue weighted by atomic mass is 16.3. The zero-order valence-electron chi connectivity index (χ0n) is 10.6. The van der Waals surface area contributed by atoms with Crippen molar-refractivity contribution >= 4 is 5.82 Å². The van der Waals surface area contributed by atoms with E-state index in [0.29, 0.717) is 11.8 Å². The van der Waals surface area contributed by atoms with E-state index in [1.165, 1.54) is 0 Å². The van der Waals surface area contributed by atoms with Gasteiger partial charge in [0.1, 0.15) is 11.6 Å². The number of H-pyrrole nitrogens is 1. The lowest BCUT2D eigenvalue weighted by molar-refractivity contribution is 0.0464. The maximum absolute atomic E-state index is 11.6. The molecule has 5 nitrogen and oxygen atoms in total. The van der Waals surface area contributed by atoms with Crippen molar-refractivity contribution in [1.29, 1.82) is 0 Å². The Morgan fingerprint density at radius 3 is 2.83 bits per heavy atom. The smallest absolute Gasteiger partial charge is 0.252 e. The number of aliphatic hydroxyl groups excluding tert-OH is 1. The molecule has 1 aromatic heterocycles. The predicted octanol–water partition coefficient (Wildman–Crippen LogP) is 0.854. The monoisotopic (exact) mass is 249 g/mol. The summed E-state index contributed by atoms with van der Waals surface area (Å²) in [6.45, 7) is 0.859. The van der Waals surface area contributed by atoms with E-state index in [4.69, 9.17) is 0 Å². The SMILES string of the molecule is CN(CC1CC(O)C1)c1cc(=O)[nH]c(C2CC2)n1. The van der Waals surface area contributed by atoms with Crippen LogP contribution in [0.4, 0.5) is 5.82 Å². The number of aliphatic hydroxyl groups is 1. The molecule has 0 radical (unpaired) electrons. The molecule has 2 saturated carbocycles. The molecule has 98 valence electrons. The van der Waals surface area contributed by atoms with E-state index in [0.717, 1.165) is 43.9 Å². The molecule has 0 saturated heterocycles. The van der Waals surface area contributed by atoms with Gasteiger partial charge in [-0.15, -0.1) is 0 Å². The summed E-state index contributed by atoms with van der Waals surface area (Å²) in [7, 11) is 1.96. The van der Waals surface area contributed by atoms with E-state index in [1.807, 2.05) is 11.9 Å². The van der Waals surface area contributed by atoms with Gasteiger partial charge in [0.25, 0.3) is 5.56 Å². The summed E-state index contributed by atoms with van der Waals surface area (Å²) in [6, 6.07) is 1.56. The fraction of sp³-hybridized carbons (Fsp3) is 0.692. The summed E-state index contributed by atoms with van der Waals surface area (Å²) < 4.78 is 0. The second kappa shape index (κ2) is 4.39. The van der Waals surface area contributed by atoms with Crippen LogP contribution in [0.3, 0.4) is 0 Å². The Morgan fingerprint density at radius 1 is 1.50 bits per heavy atom. The average molecular weight is 249 g/mol. The quantitative estimate of drug-likeness (QED) is 0.830. The molecule has 18 heavy (non-hydrogen) atoms. The first-order valence-corrected chi connectivity index (χ1v) is 6.62. The van der Waals surface area contributed by atoms with Crippen molar-refractivity contribution in [3.05, 3.63) is 22.2 Å². The molecule has 2 aliphatic rings. The maximum Gasteiger partial charge on any atom is 0.252 e. The fourth-order valence-corrected chi connectivity index (χ4v) is 2.54. The Balaban J connectivity index is 1.72.